The summed E-state index contributed by atoms with van der Waals surface area (Å²) in [6.45, 7) is 4.54. The zero-order valence-corrected chi connectivity index (χ0v) is 20.7. The average molecular weight is 523 g/mol. The number of carbonyl (C=O) groups is 1. The first-order valence-electron chi connectivity index (χ1n) is 11.3. The maximum Gasteiger partial charge on any atom is 0.425 e. The molecule has 2 aromatic heterocycles. The number of ether oxygens (including phenoxy) is 1. The molecule has 0 fully saturated rings. The van der Waals surface area contributed by atoms with E-state index in [0.717, 1.165) is 48.5 Å². The predicted octanol–water partition coefficient (Wildman–Crippen LogP) is 4.11. The largest absolute Gasteiger partial charge is 0.480 e. The summed E-state index contributed by atoms with van der Waals surface area (Å²) in [6.07, 6.45) is -2.60. The molecule has 8 nitrogen and oxygen atoms in total. The smallest absolute Gasteiger partial charge is 0.425 e. The van der Waals surface area contributed by atoms with Gasteiger partial charge in [-0.15, -0.1) is 0 Å². The van der Waals surface area contributed by atoms with Crippen molar-refractivity contribution in [3.63, 3.8) is 0 Å². The third-order valence-corrected chi connectivity index (χ3v) is 7.71. The van der Waals surface area contributed by atoms with E-state index in [1.807, 2.05) is 19.1 Å². The van der Waals surface area contributed by atoms with Crippen molar-refractivity contribution in [2.24, 2.45) is 0 Å². The van der Waals surface area contributed by atoms with Crippen LogP contribution < -0.4 is 4.74 Å². The molecule has 3 aromatic rings. The van der Waals surface area contributed by atoms with Gasteiger partial charge in [0.05, 0.1) is 34.1 Å². The monoisotopic (exact) mass is 522 g/mol. The second kappa shape index (κ2) is 9.57. The van der Waals surface area contributed by atoms with Crippen LogP contribution >= 0.6 is 0 Å². The molecule has 4 rings (SSSR count). The zero-order chi connectivity index (χ0) is 26.3. The fourth-order valence-corrected chi connectivity index (χ4v) is 4.70. The minimum atomic E-state index is -4.66. The molecule has 3 heterocycles. The maximum absolute atomic E-state index is 13.4. The second-order valence-electron chi connectivity index (χ2n) is 8.43. The van der Waals surface area contributed by atoms with E-state index in [4.69, 9.17) is 4.74 Å². The first kappa shape index (κ1) is 25.7. The molecular weight excluding hydrogens is 497 g/mol. The molecule has 0 bridgehead atoms. The van der Waals surface area contributed by atoms with Crippen LogP contribution in [0.2, 0.25) is 0 Å². The van der Waals surface area contributed by atoms with Crippen molar-refractivity contribution < 1.29 is 31.1 Å². The van der Waals surface area contributed by atoms with Gasteiger partial charge in [-0.25, -0.2) is 13.1 Å². The Kier molecular flexibility index (Phi) is 6.82. The van der Waals surface area contributed by atoms with Crippen LogP contribution in [0, 0.1) is 0 Å². The molecule has 0 spiro atoms. The second-order valence-corrected chi connectivity index (χ2v) is 10.7. The Hall–Kier alpha value is -3.41. The number of carbonyl (C=O) groups excluding carboxylic acids is 1. The third-order valence-electron chi connectivity index (χ3n) is 5.98. The SMILES string of the molecule is CCc1cc(-n2cc3c(n2)CN(C(=O)c2cc(S(=O)(=O)CC)ccc2O[C@@H](C)C(F)(F)F)C3)ccn1. The van der Waals surface area contributed by atoms with E-state index in [2.05, 4.69) is 10.1 Å². The van der Waals surface area contributed by atoms with Gasteiger partial charge in [0.2, 0.25) is 0 Å². The molecule has 12 heteroatoms. The number of rotatable bonds is 7. The molecular formula is C24H25F3N4O4S. The van der Waals surface area contributed by atoms with Crippen molar-refractivity contribution in [2.45, 2.75) is 57.5 Å². The number of aromatic nitrogens is 3. The summed E-state index contributed by atoms with van der Waals surface area (Å²) in [5, 5.41) is 4.56. The standard InChI is InChI=1S/C24H25F3N4O4S/c1-4-17-10-18(8-9-28-17)31-13-16-12-30(14-21(16)29-31)23(32)20-11-19(36(33,34)5-2)6-7-22(20)35-15(3)24(25,26)27/h6-11,13,15H,4-5,12,14H2,1-3H3/t15-/m0/s1. The Labute approximate surface area is 206 Å². The lowest BCUT2D eigenvalue weighted by molar-refractivity contribution is -0.189. The first-order valence-corrected chi connectivity index (χ1v) is 13.0. The van der Waals surface area contributed by atoms with Crippen LogP contribution in [-0.2, 0) is 29.3 Å². The first-order chi connectivity index (χ1) is 16.9. The lowest BCUT2D eigenvalue weighted by Crippen LogP contribution is -2.33. The molecule has 1 aliphatic heterocycles. The van der Waals surface area contributed by atoms with Gasteiger partial charge < -0.3 is 9.64 Å². The zero-order valence-electron chi connectivity index (χ0n) is 19.9. The van der Waals surface area contributed by atoms with E-state index in [-0.39, 0.29) is 35.1 Å². The molecule has 1 amide bonds. The quantitative estimate of drug-likeness (QED) is 0.464. The number of pyridine rings is 1. The Morgan fingerprint density at radius 2 is 1.92 bits per heavy atom. The van der Waals surface area contributed by atoms with Crippen molar-refractivity contribution in [3.8, 4) is 11.4 Å². The minimum absolute atomic E-state index is 0.117. The average Bonchev–Trinajstić information content (AvgIpc) is 3.43. The van der Waals surface area contributed by atoms with Crippen LogP contribution in [0.25, 0.3) is 5.69 Å². The van der Waals surface area contributed by atoms with Gasteiger partial charge in [0, 0.05) is 30.2 Å². The number of hydrogen-bond donors (Lipinski definition) is 0. The summed E-state index contributed by atoms with van der Waals surface area (Å²) in [5.74, 6) is -1.20. The van der Waals surface area contributed by atoms with Gasteiger partial charge in [0.15, 0.2) is 15.9 Å². The van der Waals surface area contributed by atoms with E-state index >= 15 is 0 Å². The van der Waals surface area contributed by atoms with Gasteiger partial charge in [-0.3, -0.25) is 9.78 Å². The van der Waals surface area contributed by atoms with E-state index < -0.39 is 28.0 Å². The fraction of sp³-hybridized carbons (Fsp3) is 0.375. The highest BCUT2D eigenvalue weighted by molar-refractivity contribution is 7.91. The van der Waals surface area contributed by atoms with Crippen molar-refractivity contribution in [3.05, 3.63) is 65.2 Å². The van der Waals surface area contributed by atoms with Gasteiger partial charge in [-0.2, -0.15) is 18.3 Å². The van der Waals surface area contributed by atoms with Gasteiger partial charge in [-0.05, 0) is 43.7 Å². The number of benzene rings is 1. The number of amides is 1. The van der Waals surface area contributed by atoms with Crippen LogP contribution in [-0.4, -0.2) is 52.0 Å². The highest BCUT2D eigenvalue weighted by Gasteiger charge is 2.39. The summed E-state index contributed by atoms with van der Waals surface area (Å²) >= 11 is 0. The molecule has 192 valence electrons. The van der Waals surface area contributed by atoms with Crippen LogP contribution in [0.4, 0.5) is 13.2 Å². The van der Waals surface area contributed by atoms with E-state index in [9.17, 15) is 26.4 Å². The number of nitrogens with zero attached hydrogens (tertiary/aromatic N) is 4. The molecule has 0 radical (unpaired) electrons. The van der Waals surface area contributed by atoms with Crippen molar-refractivity contribution in [1.82, 2.24) is 19.7 Å². The summed E-state index contributed by atoms with van der Waals surface area (Å²) < 4.78 is 70.9. The molecule has 1 aromatic carbocycles. The van der Waals surface area contributed by atoms with Gasteiger partial charge in [0.25, 0.3) is 5.91 Å². The van der Waals surface area contributed by atoms with Gasteiger partial charge in [0.1, 0.15) is 5.75 Å². The van der Waals surface area contributed by atoms with Gasteiger partial charge in [-0.1, -0.05) is 13.8 Å². The van der Waals surface area contributed by atoms with E-state index in [1.54, 1.807) is 17.1 Å². The highest BCUT2D eigenvalue weighted by Crippen LogP contribution is 2.32. The summed E-state index contributed by atoms with van der Waals surface area (Å²) in [4.78, 5) is 18.9. The Morgan fingerprint density at radius 3 is 2.56 bits per heavy atom. The summed E-state index contributed by atoms with van der Waals surface area (Å²) in [7, 11) is -3.71. The molecule has 0 saturated carbocycles. The number of sulfone groups is 1. The fourth-order valence-electron chi connectivity index (χ4n) is 3.80. The van der Waals surface area contributed by atoms with Crippen molar-refractivity contribution in [1.29, 1.82) is 0 Å². The van der Waals surface area contributed by atoms with Crippen LogP contribution in [0.15, 0.2) is 47.6 Å². The number of hydrogen-bond acceptors (Lipinski definition) is 6. The number of halogens is 3. The van der Waals surface area contributed by atoms with Crippen molar-refractivity contribution >= 4 is 15.7 Å². The van der Waals surface area contributed by atoms with Crippen LogP contribution in [0.5, 0.6) is 5.75 Å². The lowest BCUT2D eigenvalue weighted by Gasteiger charge is -2.22. The maximum atomic E-state index is 13.4. The van der Waals surface area contributed by atoms with Crippen LogP contribution in [0.1, 0.15) is 48.1 Å². The highest BCUT2D eigenvalue weighted by atomic mass is 32.2. The molecule has 36 heavy (non-hydrogen) atoms. The number of fused-ring (bicyclic) bond motifs is 1. The Bertz CT molecular complexity index is 1380. The topological polar surface area (TPSA) is 94.4 Å². The molecule has 0 aliphatic carbocycles. The molecule has 1 atom stereocenters. The van der Waals surface area contributed by atoms with E-state index in [0.29, 0.717) is 5.69 Å². The number of alkyl halides is 3. The van der Waals surface area contributed by atoms with Crippen molar-refractivity contribution in [2.75, 3.05) is 5.75 Å². The summed E-state index contributed by atoms with van der Waals surface area (Å²) in [6, 6.07) is 7.06. The molecule has 0 N–H and O–H groups in total. The Morgan fingerprint density at radius 1 is 1.17 bits per heavy atom. The normalized spacial score (nSPS) is 14.6. The number of aryl methyl sites for hydroxylation is 1. The third kappa shape index (κ3) is 5.08. The van der Waals surface area contributed by atoms with E-state index in [1.165, 1.54) is 11.8 Å². The summed E-state index contributed by atoms with van der Waals surface area (Å²) in [5.41, 5.74) is 2.90. The molecule has 0 saturated heterocycles. The molecule has 0 unspecified atom stereocenters. The molecule has 1 aliphatic rings. The van der Waals surface area contributed by atoms with Gasteiger partial charge >= 0.3 is 6.18 Å². The predicted molar refractivity (Wildman–Crippen MR) is 125 cm³/mol. The minimum Gasteiger partial charge on any atom is -0.480 e. The Balaban J connectivity index is 1.63. The lowest BCUT2D eigenvalue weighted by atomic mass is 10.1. The van der Waals surface area contributed by atoms with Crippen LogP contribution in [0.3, 0.4) is 0 Å².